The lowest BCUT2D eigenvalue weighted by molar-refractivity contribution is 0.168. The molecular weight excluding hydrogens is 292 g/mol. The highest BCUT2D eigenvalue weighted by Gasteiger charge is 2.33. The molecule has 4 heteroatoms. The van der Waals surface area contributed by atoms with E-state index >= 15 is 0 Å². The van der Waals surface area contributed by atoms with Crippen molar-refractivity contribution in [2.75, 3.05) is 13.7 Å². The summed E-state index contributed by atoms with van der Waals surface area (Å²) in [5.74, 6) is -0.0525. The van der Waals surface area contributed by atoms with Crippen molar-refractivity contribution in [3.05, 3.63) is 47.1 Å². The van der Waals surface area contributed by atoms with Gasteiger partial charge in [-0.2, -0.15) is 0 Å². The van der Waals surface area contributed by atoms with E-state index in [2.05, 4.69) is 6.58 Å². The minimum absolute atomic E-state index is 0.0182. The van der Waals surface area contributed by atoms with Gasteiger partial charge in [-0.15, -0.1) is 0 Å². The summed E-state index contributed by atoms with van der Waals surface area (Å²) in [6.07, 6.45) is 2.60. The Morgan fingerprint density at radius 2 is 1.91 bits per heavy atom. The fourth-order valence-electron chi connectivity index (χ4n) is 3.26. The van der Waals surface area contributed by atoms with Crippen molar-refractivity contribution in [2.45, 2.75) is 38.7 Å². The lowest BCUT2D eigenvalue weighted by Gasteiger charge is -2.34. The smallest absolute Gasteiger partial charge is 0.123 e. The quantitative estimate of drug-likeness (QED) is 0.729. The van der Waals surface area contributed by atoms with Crippen LogP contribution in [-0.2, 0) is 11.2 Å². The van der Waals surface area contributed by atoms with Crippen LogP contribution < -0.4 is 0 Å². The molecule has 23 heavy (non-hydrogen) atoms. The van der Waals surface area contributed by atoms with E-state index in [9.17, 15) is 15.3 Å². The maximum absolute atomic E-state index is 10.5. The summed E-state index contributed by atoms with van der Waals surface area (Å²) in [6.45, 7) is 8.33. The van der Waals surface area contributed by atoms with Gasteiger partial charge in [-0.25, -0.2) is 0 Å². The number of allylic oxidation sites excluding steroid dienone is 2. The number of phenolic OH excluding ortho intramolecular Hbond substituents is 2. The lowest BCUT2D eigenvalue weighted by atomic mass is 9.72. The third-order valence-corrected chi connectivity index (χ3v) is 4.64. The second-order valence-corrected chi connectivity index (χ2v) is 6.43. The van der Waals surface area contributed by atoms with Crippen molar-refractivity contribution in [1.82, 2.24) is 0 Å². The van der Waals surface area contributed by atoms with E-state index in [1.165, 1.54) is 0 Å². The zero-order valence-electron chi connectivity index (χ0n) is 14.0. The predicted molar refractivity (Wildman–Crippen MR) is 90.8 cm³/mol. The number of phenols is 2. The van der Waals surface area contributed by atoms with Crippen LogP contribution in [0.4, 0.5) is 0 Å². The van der Waals surface area contributed by atoms with Gasteiger partial charge < -0.3 is 20.1 Å². The molecule has 0 radical (unpaired) electrons. The Morgan fingerprint density at radius 1 is 1.30 bits per heavy atom. The van der Waals surface area contributed by atoms with Crippen LogP contribution in [0.25, 0.3) is 0 Å². The van der Waals surface area contributed by atoms with E-state index in [0.717, 1.165) is 16.7 Å². The van der Waals surface area contributed by atoms with Crippen molar-refractivity contribution in [1.29, 1.82) is 0 Å². The minimum Gasteiger partial charge on any atom is -0.507 e. The number of rotatable bonds is 5. The second-order valence-electron chi connectivity index (χ2n) is 6.43. The van der Waals surface area contributed by atoms with Gasteiger partial charge in [-0.05, 0) is 55.9 Å². The molecule has 1 aliphatic rings. The number of hydrogen-bond acceptors (Lipinski definition) is 4. The summed E-state index contributed by atoms with van der Waals surface area (Å²) in [5, 5.41) is 31.0. The van der Waals surface area contributed by atoms with Crippen LogP contribution in [-0.4, -0.2) is 35.1 Å². The number of benzene rings is 1. The normalized spacial score (nSPS) is 24.3. The third-order valence-electron chi connectivity index (χ3n) is 4.64. The monoisotopic (exact) mass is 318 g/mol. The van der Waals surface area contributed by atoms with Crippen LogP contribution in [0.15, 0.2) is 35.9 Å². The predicted octanol–water partition coefficient (Wildman–Crippen LogP) is 3.27. The zero-order valence-corrected chi connectivity index (χ0v) is 14.0. The molecule has 3 atom stereocenters. The molecule has 126 valence electrons. The van der Waals surface area contributed by atoms with E-state index in [-0.39, 0.29) is 23.3 Å². The van der Waals surface area contributed by atoms with Gasteiger partial charge in [0.15, 0.2) is 0 Å². The molecule has 3 unspecified atom stereocenters. The van der Waals surface area contributed by atoms with Gasteiger partial charge in [-0.3, -0.25) is 0 Å². The molecule has 0 saturated heterocycles. The molecule has 0 saturated carbocycles. The number of aliphatic hydroxyl groups excluding tert-OH is 1. The summed E-state index contributed by atoms with van der Waals surface area (Å²) in [5.41, 5.74) is 3.12. The van der Waals surface area contributed by atoms with Crippen molar-refractivity contribution in [3.63, 3.8) is 0 Å². The molecule has 3 N–H and O–H groups in total. The molecule has 0 aliphatic heterocycles. The molecule has 4 nitrogen and oxygen atoms in total. The zero-order chi connectivity index (χ0) is 17.1. The van der Waals surface area contributed by atoms with Crippen LogP contribution in [0.2, 0.25) is 0 Å². The van der Waals surface area contributed by atoms with E-state index in [1.54, 1.807) is 19.2 Å². The maximum Gasteiger partial charge on any atom is 0.123 e. The Balaban J connectivity index is 2.44. The van der Waals surface area contributed by atoms with E-state index in [1.807, 2.05) is 19.9 Å². The van der Waals surface area contributed by atoms with Gasteiger partial charge >= 0.3 is 0 Å². The first kappa shape index (κ1) is 17.6. The highest BCUT2D eigenvalue weighted by molar-refractivity contribution is 5.52. The molecule has 0 aromatic heterocycles. The highest BCUT2D eigenvalue weighted by atomic mass is 16.5. The van der Waals surface area contributed by atoms with Gasteiger partial charge in [0.1, 0.15) is 11.5 Å². The van der Waals surface area contributed by atoms with Crippen molar-refractivity contribution in [2.24, 2.45) is 5.92 Å². The molecule has 2 rings (SSSR count). The van der Waals surface area contributed by atoms with Crippen LogP contribution in [0, 0.1) is 5.92 Å². The van der Waals surface area contributed by atoms with Crippen molar-refractivity contribution in [3.8, 4) is 11.5 Å². The molecule has 0 heterocycles. The van der Waals surface area contributed by atoms with Crippen LogP contribution in [0.1, 0.15) is 37.3 Å². The number of methoxy groups -OCH3 is 1. The number of hydrogen-bond donors (Lipinski definition) is 3. The average Bonchev–Trinajstić information content (AvgIpc) is 2.47. The number of ether oxygens (including phenoxy) is 1. The molecule has 1 aromatic carbocycles. The Morgan fingerprint density at radius 3 is 2.43 bits per heavy atom. The summed E-state index contributed by atoms with van der Waals surface area (Å²) in [7, 11) is 1.62. The minimum atomic E-state index is -0.502. The van der Waals surface area contributed by atoms with Gasteiger partial charge in [0.25, 0.3) is 0 Å². The fourth-order valence-corrected chi connectivity index (χ4v) is 3.26. The highest BCUT2D eigenvalue weighted by Crippen LogP contribution is 2.46. The van der Waals surface area contributed by atoms with Gasteiger partial charge in [0, 0.05) is 18.6 Å². The van der Waals surface area contributed by atoms with Crippen LogP contribution in [0.5, 0.6) is 11.5 Å². The third kappa shape index (κ3) is 3.77. The largest absolute Gasteiger partial charge is 0.507 e. The molecule has 0 amide bonds. The van der Waals surface area contributed by atoms with Gasteiger partial charge in [0.05, 0.1) is 12.7 Å². The van der Waals surface area contributed by atoms with E-state index in [0.29, 0.717) is 25.0 Å². The SMILES string of the molecule is C=C(C)C1CC(O)C(C)=CC1c1c(O)cc(CCOC)cc1O. The Kier molecular flexibility index (Phi) is 5.50. The standard InChI is InChI=1S/C19H26O4/c1-11(2)14-10-16(20)12(3)7-15(14)19-17(21)8-13(5-6-23-4)9-18(19)22/h7-9,14-16,20-22H,1,5-6,10H2,2-4H3. The maximum atomic E-state index is 10.5. The number of aromatic hydroxyl groups is 2. The molecule has 0 fully saturated rings. The first-order valence-corrected chi connectivity index (χ1v) is 7.90. The van der Waals surface area contributed by atoms with Gasteiger partial charge in [-0.1, -0.05) is 18.2 Å². The van der Waals surface area contributed by atoms with Gasteiger partial charge in [0.2, 0.25) is 0 Å². The van der Waals surface area contributed by atoms with Crippen LogP contribution >= 0.6 is 0 Å². The lowest BCUT2D eigenvalue weighted by Crippen LogP contribution is -2.26. The van der Waals surface area contributed by atoms with Crippen LogP contribution in [0.3, 0.4) is 0 Å². The topological polar surface area (TPSA) is 69.9 Å². The molecular formula is C19H26O4. The first-order chi connectivity index (χ1) is 10.8. The molecule has 1 aliphatic carbocycles. The Bertz CT molecular complexity index is 595. The Hall–Kier alpha value is -1.78. The molecule has 0 bridgehead atoms. The van der Waals surface area contributed by atoms with E-state index < -0.39 is 6.10 Å². The summed E-state index contributed by atoms with van der Waals surface area (Å²) in [6, 6.07) is 3.36. The average molecular weight is 318 g/mol. The summed E-state index contributed by atoms with van der Waals surface area (Å²) >= 11 is 0. The van der Waals surface area contributed by atoms with Crippen molar-refractivity contribution >= 4 is 0 Å². The first-order valence-electron chi connectivity index (χ1n) is 7.90. The molecule has 1 aromatic rings. The van der Waals surface area contributed by atoms with Crippen molar-refractivity contribution < 1.29 is 20.1 Å². The number of aliphatic hydroxyl groups is 1. The summed E-state index contributed by atoms with van der Waals surface area (Å²) in [4.78, 5) is 0. The van der Waals surface area contributed by atoms with E-state index in [4.69, 9.17) is 4.74 Å². The Labute approximate surface area is 137 Å². The summed E-state index contributed by atoms with van der Waals surface area (Å²) < 4.78 is 5.03. The fraction of sp³-hybridized carbons (Fsp3) is 0.474. The molecule has 0 spiro atoms. The second kappa shape index (κ2) is 7.20.